The summed E-state index contributed by atoms with van der Waals surface area (Å²) in [6.07, 6.45) is 0. The number of rotatable bonds is 3. The van der Waals surface area contributed by atoms with E-state index in [1.807, 2.05) is 0 Å². The molecule has 0 saturated carbocycles. The Morgan fingerprint density at radius 3 is 2.24 bits per heavy atom. The van der Waals surface area contributed by atoms with Gasteiger partial charge in [-0.15, -0.1) is 0 Å². The first-order valence-electron chi connectivity index (χ1n) is 5.54. The lowest BCUT2D eigenvalue weighted by Gasteiger charge is -2.31. The zero-order valence-electron chi connectivity index (χ0n) is 10.6. The lowest BCUT2D eigenvalue weighted by atomic mass is 9.87. The van der Waals surface area contributed by atoms with Crippen LogP contribution in [0.2, 0.25) is 0 Å². The predicted octanol–water partition coefficient (Wildman–Crippen LogP) is 2.88. The lowest BCUT2D eigenvalue weighted by molar-refractivity contribution is -0.168. The van der Waals surface area contributed by atoms with Crippen molar-refractivity contribution in [2.75, 3.05) is 0 Å². The number of halogens is 2. The van der Waals surface area contributed by atoms with Gasteiger partial charge in [-0.1, -0.05) is 18.2 Å². The molecule has 0 spiro atoms. The van der Waals surface area contributed by atoms with Gasteiger partial charge in [-0.25, -0.2) is 0 Å². The smallest absolute Gasteiger partial charge is 0.300 e. The Morgan fingerprint density at radius 1 is 1.29 bits per heavy atom. The van der Waals surface area contributed by atoms with E-state index in [2.05, 4.69) is 0 Å². The topological polar surface area (TPSA) is 46.2 Å². The van der Waals surface area contributed by atoms with Crippen molar-refractivity contribution in [3.05, 3.63) is 34.9 Å². The molecule has 3 N–H and O–H groups in total. The Labute approximate surface area is 100 Å². The molecule has 0 aliphatic heterocycles. The summed E-state index contributed by atoms with van der Waals surface area (Å²) < 4.78 is 28.2. The Balaban J connectivity index is 3.38. The van der Waals surface area contributed by atoms with E-state index in [-0.39, 0.29) is 11.6 Å². The molecule has 0 aliphatic rings. The summed E-state index contributed by atoms with van der Waals surface area (Å²) in [4.78, 5) is 0. The van der Waals surface area contributed by atoms with E-state index >= 15 is 0 Å². The molecule has 1 aromatic rings. The summed E-state index contributed by atoms with van der Waals surface area (Å²) in [5.74, 6) is -3.30. The van der Waals surface area contributed by atoms with Crippen molar-refractivity contribution in [2.24, 2.45) is 5.73 Å². The highest BCUT2D eigenvalue weighted by molar-refractivity contribution is 5.39. The minimum atomic E-state index is -3.30. The molecule has 1 atom stereocenters. The Hall–Kier alpha value is -1.00. The zero-order chi connectivity index (χ0) is 13.4. The molecule has 0 amide bonds. The van der Waals surface area contributed by atoms with Crippen LogP contribution in [-0.4, -0.2) is 10.7 Å². The van der Waals surface area contributed by atoms with E-state index in [1.54, 1.807) is 26.0 Å². The lowest BCUT2D eigenvalue weighted by Crippen LogP contribution is -2.40. The molecule has 0 unspecified atom stereocenters. The molecule has 1 aromatic carbocycles. The van der Waals surface area contributed by atoms with E-state index < -0.39 is 11.5 Å². The summed E-state index contributed by atoms with van der Waals surface area (Å²) in [6, 6.07) is 4.29. The van der Waals surface area contributed by atoms with E-state index in [1.165, 1.54) is 6.07 Å². The van der Waals surface area contributed by atoms with Crippen LogP contribution in [0.25, 0.3) is 0 Å². The third-order valence-corrected chi connectivity index (χ3v) is 2.97. The van der Waals surface area contributed by atoms with Crippen molar-refractivity contribution in [1.29, 1.82) is 0 Å². The van der Waals surface area contributed by atoms with Crippen molar-refractivity contribution in [3.63, 3.8) is 0 Å². The van der Waals surface area contributed by atoms with Gasteiger partial charge in [0.1, 0.15) is 5.60 Å². The Bertz CT molecular complexity index is 408. The molecular weight excluding hydrogens is 224 g/mol. The van der Waals surface area contributed by atoms with Crippen LogP contribution in [0, 0.1) is 6.92 Å². The molecule has 0 radical (unpaired) electrons. The van der Waals surface area contributed by atoms with E-state index in [0.717, 1.165) is 13.8 Å². The van der Waals surface area contributed by atoms with Gasteiger partial charge in [0.15, 0.2) is 0 Å². The Kier molecular flexibility index (Phi) is 3.60. The van der Waals surface area contributed by atoms with Gasteiger partial charge in [0, 0.05) is 11.6 Å². The molecule has 4 heteroatoms. The first kappa shape index (κ1) is 14.1. The maximum atomic E-state index is 14.1. The van der Waals surface area contributed by atoms with Gasteiger partial charge in [0.25, 0.3) is 0 Å². The van der Waals surface area contributed by atoms with Crippen LogP contribution < -0.4 is 5.73 Å². The standard InChI is InChI=1S/C13H19F2NO/c1-8-10(9(2)16)6-5-7-11(8)13(14,15)12(3,4)17/h5-7,9,17H,16H2,1-4H3/t9-/m1/s1. The van der Waals surface area contributed by atoms with Crippen molar-refractivity contribution >= 4 is 0 Å². The minimum absolute atomic E-state index is 0.167. The summed E-state index contributed by atoms with van der Waals surface area (Å²) >= 11 is 0. The molecular formula is C13H19F2NO. The fourth-order valence-electron chi connectivity index (χ4n) is 1.82. The molecule has 96 valence electrons. The average Bonchev–Trinajstić information content (AvgIpc) is 2.15. The monoisotopic (exact) mass is 243 g/mol. The summed E-state index contributed by atoms with van der Waals surface area (Å²) in [6.45, 7) is 5.55. The van der Waals surface area contributed by atoms with Crippen LogP contribution in [0.15, 0.2) is 18.2 Å². The van der Waals surface area contributed by atoms with E-state index in [9.17, 15) is 13.9 Å². The number of hydrogen-bond donors (Lipinski definition) is 2. The molecule has 0 heterocycles. The van der Waals surface area contributed by atoms with Crippen LogP contribution in [-0.2, 0) is 5.92 Å². The van der Waals surface area contributed by atoms with Gasteiger partial charge in [-0.05, 0) is 38.8 Å². The highest BCUT2D eigenvalue weighted by Gasteiger charge is 2.47. The summed E-state index contributed by atoms with van der Waals surface area (Å²) in [5.41, 5.74) is 4.57. The minimum Gasteiger partial charge on any atom is -0.384 e. The van der Waals surface area contributed by atoms with Gasteiger partial charge in [0.2, 0.25) is 0 Å². The summed E-state index contributed by atoms with van der Waals surface area (Å²) in [5, 5.41) is 9.57. The average molecular weight is 243 g/mol. The molecule has 0 fully saturated rings. The van der Waals surface area contributed by atoms with Crippen molar-refractivity contribution in [1.82, 2.24) is 0 Å². The molecule has 0 aliphatic carbocycles. The third-order valence-electron chi connectivity index (χ3n) is 2.97. The normalized spacial score (nSPS) is 14.8. The predicted molar refractivity (Wildman–Crippen MR) is 64.0 cm³/mol. The summed E-state index contributed by atoms with van der Waals surface area (Å²) in [7, 11) is 0. The number of hydrogen-bond acceptors (Lipinski definition) is 2. The highest BCUT2D eigenvalue weighted by atomic mass is 19.3. The van der Waals surface area contributed by atoms with Crippen LogP contribution >= 0.6 is 0 Å². The van der Waals surface area contributed by atoms with Gasteiger partial charge in [0.05, 0.1) is 0 Å². The first-order chi connectivity index (χ1) is 7.59. The number of alkyl halides is 2. The maximum Gasteiger partial charge on any atom is 0.300 e. The second-order valence-corrected chi connectivity index (χ2v) is 4.94. The van der Waals surface area contributed by atoms with Crippen molar-refractivity contribution in [2.45, 2.75) is 45.3 Å². The van der Waals surface area contributed by atoms with Gasteiger partial charge in [-0.2, -0.15) is 8.78 Å². The van der Waals surface area contributed by atoms with Crippen LogP contribution in [0.4, 0.5) is 8.78 Å². The van der Waals surface area contributed by atoms with Crippen molar-refractivity contribution in [3.8, 4) is 0 Å². The van der Waals surface area contributed by atoms with Gasteiger partial charge < -0.3 is 10.8 Å². The fourth-order valence-corrected chi connectivity index (χ4v) is 1.82. The van der Waals surface area contributed by atoms with Gasteiger partial charge in [-0.3, -0.25) is 0 Å². The fraction of sp³-hybridized carbons (Fsp3) is 0.538. The molecule has 2 nitrogen and oxygen atoms in total. The molecule has 0 saturated heterocycles. The van der Waals surface area contributed by atoms with Crippen LogP contribution in [0.5, 0.6) is 0 Å². The van der Waals surface area contributed by atoms with E-state index in [0.29, 0.717) is 11.1 Å². The second-order valence-electron chi connectivity index (χ2n) is 4.94. The number of aliphatic hydroxyl groups is 1. The largest absolute Gasteiger partial charge is 0.384 e. The second kappa shape index (κ2) is 4.35. The highest BCUT2D eigenvalue weighted by Crippen LogP contribution is 2.41. The van der Waals surface area contributed by atoms with E-state index in [4.69, 9.17) is 5.73 Å². The zero-order valence-corrected chi connectivity index (χ0v) is 10.6. The van der Waals surface area contributed by atoms with Gasteiger partial charge >= 0.3 is 5.92 Å². The first-order valence-corrected chi connectivity index (χ1v) is 5.54. The molecule has 17 heavy (non-hydrogen) atoms. The van der Waals surface area contributed by atoms with Crippen molar-refractivity contribution < 1.29 is 13.9 Å². The SMILES string of the molecule is Cc1c([C@@H](C)N)cccc1C(F)(F)C(C)(C)O. The molecule has 0 aromatic heterocycles. The molecule has 0 bridgehead atoms. The maximum absolute atomic E-state index is 14.1. The Morgan fingerprint density at radius 2 is 1.82 bits per heavy atom. The number of nitrogens with two attached hydrogens (primary N) is 1. The molecule has 1 rings (SSSR count). The van der Waals surface area contributed by atoms with Crippen LogP contribution in [0.3, 0.4) is 0 Å². The quantitative estimate of drug-likeness (QED) is 0.857. The third kappa shape index (κ3) is 2.48. The number of benzene rings is 1. The van der Waals surface area contributed by atoms with Crippen LogP contribution in [0.1, 0.15) is 43.5 Å².